The van der Waals surface area contributed by atoms with Gasteiger partial charge in [0.15, 0.2) is 0 Å². The standard InChI is InChI=1S/C12H15N3O2S/c13-7-10-1-3-12(4-2-10)18(16,17)15-6-5-11(8-14)9-15/h1-4,11H,5-6,8-9,14H2/t11-/m1/s1. The van der Waals surface area contributed by atoms with E-state index in [4.69, 9.17) is 11.0 Å². The number of sulfonamides is 1. The zero-order valence-corrected chi connectivity index (χ0v) is 10.7. The monoisotopic (exact) mass is 265 g/mol. The molecular weight excluding hydrogens is 250 g/mol. The van der Waals surface area contributed by atoms with E-state index in [1.54, 1.807) is 0 Å². The minimum absolute atomic E-state index is 0.235. The van der Waals surface area contributed by atoms with Gasteiger partial charge in [-0.25, -0.2) is 8.42 Å². The highest BCUT2D eigenvalue weighted by molar-refractivity contribution is 7.89. The number of nitriles is 1. The van der Waals surface area contributed by atoms with Crippen LogP contribution in [0.4, 0.5) is 0 Å². The van der Waals surface area contributed by atoms with E-state index in [9.17, 15) is 8.42 Å². The predicted octanol–water partition coefficient (Wildman–Crippen LogP) is 0.528. The van der Waals surface area contributed by atoms with Crippen LogP contribution < -0.4 is 5.73 Å². The molecule has 96 valence electrons. The lowest BCUT2D eigenvalue weighted by Crippen LogP contribution is -2.30. The molecular formula is C12H15N3O2S. The van der Waals surface area contributed by atoms with Crippen molar-refractivity contribution in [2.24, 2.45) is 11.7 Å². The van der Waals surface area contributed by atoms with Crippen molar-refractivity contribution < 1.29 is 8.42 Å². The molecule has 0 spiro atoms. The Hall–Kier alpha value is -1.42. The van der Waals surface area contributed by atoms with Crippen LogP contribution in [0.3, 0.4) is 0 Å². The average Bonchev–Trinajstić information content (AvgIpc) is 2.88. The Bertz CT molecular complexity index is 560. The normalized spacial score (nSPS) is 20.8. The Morgan fingerprint density at radius 1 is 1.39 bits per heavy atom. The number of hydrogen-bond donors (Lipinski definition) is 1. The maximum atomic E-state index is 12.3. The molecule has 1 aliphatic rings. The molecule has 2 N–H and O–H groups in total. The predicted molar refractivity (Wildman–Crippen MR) is 67.1 cm³/mol. The Morgan fingerprint density at radius 3 is 2.56 bits per heavy atom. The van der Waals surface area contributed by atoms with E-state index in [0.29, 0.717) is 25.2 Å². The van der Waals surface area contributed by atoms with Crippen LogP contribution in [0.1, 0.15) is 12.0 Å². The first kappa shape index (κ1) is 13.0. The van der Waals surface area contributed by atoms with Gasteiger partial charge >= 0.3 is 0 Å². The number of hydrogen-bond acceptors (Lipinski definition) is 4. The average molecular weight is 265 g/mol. The third-order valence-corrected chi connectivity index (χ3v) is 5.08. The molecule has 0 radical (unpaired) electrons. The third-order valence-electron chi connectivity index (χ3n) is 3.20. The highest BCUT2D eigenvalue weighted by Crippen LogP contribution is 2.23. The number of benzene rings is 1. The fourth-order valence-electron chi connectivity index (χ4n) is 2.06. The number of rotatable bonds is 3. The van der Waals surface area contributed by atoms with Crippen molar-refractivity contribution in [3.05, 3.63) is 29.8 Å². The van der Waals surface area contributed by atoms with Crippen LogP contribution in [0.5, 0.6) is 0 Å². The molecule has 6 heteroatoms. The van der Waals surface area contributed by atoms with Crippen LogP contribution in [0, 0.1) is 17.2 Å². The topological polar surface area (TPSA) is 87.2 Å². The highest BCUT2D eigenvalue weighted by atomic mass is 32.2. The van der Waals surface area contributed by atoms with Crippen LogP contribution in [-0.4, -0.2) is 32.4 Å². The van der Waals surface area contributed by atoms with Crippen molar-refractivity contribution in [2.45, 2.75) is 11.3 Å². The first-order chi connectivity index (χ1) is 8.57. The zero-order chi connectivity index (χ0) is 13.2. The second-order valence-corrected chi connectivity index (χ2v) is 6.33. The van der Waals surface area contributed by atoms with E-state index in [-0.39, 0.29) is 10.8 Å². The molecule has 0 unspecified atom stereocenters. The molecule has 1 aromatic carbocycles. The molecule has 0 saturated carbocycles. The van der Waals surface area contributed by atoms with Crippen molar-refractivity contribution >= 4 is 10.0 Å². The maximum Gasteiger partial charge on any atom is 0.243 e. The Balaban J connectivity index is 2.23. The summed E-state index contributed by atoms with van der Waals surface area (Å²) < 4.78 is 26.1. The molecule has 1 fully saturated rings. The Morgan fingerprint density at radius 2 is 2.06 bits per heavy atom. The third kappa shape index (κ3) is 2.38. The van der Waals surface area contributed by atoms with Gasteiger partial charge in [-0.2, -0.15) is 9.57 Å². The van der Waals surface area contributed by atoms with Gasteiger partial charge in [-0.1, -0.05) is 0 Å². The molecule has 1 heterocycles. The Kier molecular flexibility index (Phi) is 3.66. The lowest BCUT2D eigenvalue weighted by atomic mass is 10.1. The summed E-state index contributed by atoms with van der Waals surface area (Å²) in [5, 5.41) is 8.69. The molecule has 1 atom stereocenters. The first-order valence-electron chi connectivity index (χ1n) is 5.78. The van der Waals surface area contributed by atoms with Gasteiger partial charge in [0.25, 0.3) is 0 Å². The molecule has 0 amide bonds. The van der Waals surface area contributed by atoms with Crippen molar-refractivity contribution in [2.75, 3.05) is 19.6 Å². The fourth-order valence-corrected chi connectivity index (χ4v) is 3.59. The summed E-state index contributed by atoms with van der Waals surface area (Å²) in [5.41, 5.74) is 6.01. The van der Waals surface area contributed by atoms with E-state index in [2.05, 4.69) is 0 Å². The number of nitrogens with zero attached hydrogens (tertiary/aromatic N) is 2. The molecule has 18 heavy (non-hydrogen) atoms. The number of nitrogens with two attached hydrogens (primary N) is 1. The van der Waals surface area contributed by atoms with Crippen molar-refractivity contribution in [1.82, 2.24) is 4.31 Å². The summed E-state index contributed by atoms with van der Waals surface area (Å²) in [7, 11) is -3.44. The molecule has 2 rings (SSSR count). The lowest BCUT2D eigenvalue weighted by Gasteiger charge is -2.16. The molecule has 1 saturated heterocycles. The first-order valence-corrected chi connectivity index (χ1v) is 7.22. The molecule has 5 nitrogen and oxygen atoms in total. The van der Waals surface area contributed by atoms with Crippen LogP contribution >= 0.6 is 0 Å². The lowest BCUT2D eigenvalue weighted by molar-refractivity contribution is 0.459. The summed E-state index contributed by atoms with van der Waals surface area (Å²) in [6.07, 6.45) is 0.812. The second-order valence-electron chi connectivity index (χ2n) is 4.39. The van der Waals surface area contributed by atoms with Crippen LogP contribution in [-0.2, 0) is 10.0 Å². The van der Waals surface area contributed by atoms with Gasteiger partial charge in [-0.05, 0) is 43.1 Å². The largest absolute Gasteiger partial charge is 0.330 e. The summed E-state index contributed by atoms with van der Waals surface area (Å²) in [6, 6.07) is 7.95. The van der Waals surface area contributed by atoms with E-state index in [0.717, 1.165) is 6.42 Å². The molecule has 0 bridgehead atoms. The van der Waals surface area contributed by atoms with Crippen molar-refractivity contribution in [3.63, 3.8) is 0 Å². The zero-order valence-electron chi connectivity index (χ0n) is 9.91. The van der Waals surface area contributed by atoms with Crippen molar-refractivity contribution in [3.8, 4) is 6.07 Å². The highest BCUT2D eigenvalue weighted by Gasteiger charge is 2.31. The van der Waals surface area contributed by atoms with Crippen LogP contribution in [0.15, 0.2) is 29.2 Å². The van der Waals surface area contributed by atoms with E-state index < -0.39 is 10.0 Å². The van der Waals surface area contributed by atoms with E-state index >= 15 is 0 Å². The van der Waals surface area contributed by atoms with Gasteiger partial charge in [0.05, 0.1) is 16.5 Å². The molecule has 1 aromatic rings. The smallest absolute Gasteiger partial charge is 0.243 e. The fraction of sp³-hybridized carbons (Fsp3) is 0.417. The maximum absolute atomic E-state index is 12.3. The second kappa shape index (κ2) is 5.06. The van der Waals surface area contributed by atoms with Gasteiger partial charge in [-0.3, -0.25) is 0 Å². The van der Waals surface area contributed by atoms with E-state index in [1.165, 1.54) is 28.6 Å². The van der Waals surface area contributed by atoms with Gasteiger partial charge < -0.3 is 5.73 Å². The molecule has 0 aromatic heterocycles. The van der Waals surface area contributed by atoms with Crippen LogP contribution in [0.25, 0.3) is 0 Å². The summed E-state index contributed by atoms with van der Waals surface area (Å²) >= 11 is 0. The summed E-state index contributed by atoms with van der Waals surface area (Å²) in [6.45, 7) is 1.52. The van der Waals surface area contributed by atoms with Gasteiger partial charge in [0.2, 0.25) is 10.0 Å². The Labute approximate surface area is 107 Å². The summed E-state index contributed by atoms with van der Waals surface area (Å²) in [5.74, 6) is 0.248. The minimum Gasteiger partial charge on any atom is -0.330 e. The minimum atomic E-state index is -3.44. The van der Waals surface area contributed by atoms with Crippen molar-refractivity contribution in [1.29, 1.82) is 5.26 Å². The molecule has 0 aliphatic carbocycles. The van der Waals surface area contributed by atoms with Gasteiger partial charge in [0, 0.05) is 13.1 Å². The quantitative estimate of drug-likeness (QED) is 0.863. The summed E-state index contributed by atoms with van der Waals surface area (Å²) in [4.78, 5) is 0.235. The van der Waals surface area contributed by atoms with Gasteiger partial charge in [-0.15, -0.1) is 0 Å². The molecule has 1 aliphatic heterocycles. The van der Waals surface area contributed by atoms with Gasteiger partial charge in [0.1, 0.15) is 0 Å². The SMILES string of the molecule is N#Cc1ccc(S(=O)(=O)N2CC[C@H](CN)C2)cc1. The van der Waals surface area contributed by atoms with Crippen LogP contribution in [0.2, 0.25) is 0 Å². The van der Waals surface area contributed by atoms with E-state index in [1.807, 2.05) is 6.07 Å².